The second kappa shape index (κ2) is 19.4. The highest BCUT2D eigenvalue weighted by atomic mass is 19.1. The Kier molecular flexibility index (Phi) is 13.2. The fourth-order valence-corrected chi connectivity index (χ4v) is 6.95. The first-order valence-corrected chi connectivity index (χ1v) is 19.5. The summed E-state index contributed by atoms with van der Waals surface area (Å²) in [6, 6.07) is 34.3. The van der Waals surface area contributed by atoms with Gasteiger partial charge in [0.25, 0.3) is 0 Å². The van der Waals surface area contributed by atoms with Crippen LogP contribution in [0.3, 0.4) is 0 Å². The van der Waals surface area contributed by atoms with Gasteiger partial charge in [-0.25, -0.2) is 14.0 Å². The van der Waals surface area contributed by atoms with Crippen LogP contribution in [0, 0.1) is 18.2 Å². The lowest BCUT2D eigenvalue weighted by Gasteiger charge is -2.21. The normalized spacial score (nSPS) is 11.8. The van der Waals surface area contributed by atoms with Crippen molar-refractivity contribution in [1.82, 2.24) is 0 Å². The number of hydrogen-bond donors (Lipinski definition) is 0. The summed E-state index contributed by atoms with van der Waals surface area (Å²) >= 11 is 0. The van der Waals surface area contributed by atoms with Crippen molar-refractivity contribution >= 4 is 40.8 Å². The number of nitrogens with zero attached hydrogens (tertiary/aromatic N) is 3. The van der Waals surface area contributed by atoms with Crippen LogP contribution in [0.1, 0.15) is 23.1 Å². The Morgan fingerprint density at radius 1 is 0.787 bits per heavy atom. The maximum absolute atomic E-state index is 16.0. The third kappa shape index (κ3) is 10.1. The fraction of sp³-hybridized carbons (Fsp3) is 0.160. The molecule has 0 unspecified atom stereocenters. The molecule has 0 radical (unpaired) electrons. The van der Waals surface area contributed by atoms with Gasteiger partial charge in [0.2, 0.25) is 6.79 Å². The summed E-state index contributed by atoms with van der Waals surface area (Å²) in [6.07, 6.45) is 10.6. The molecule has 6 aromatic carbocycles. The van der Waals surface area contributed by atoms with Gasteiger partial charge < -0.3 is 28.6 Å². The standard InChI is InChI=1S/C50H42FN3O7/c1-5-48(55)58-24-7-23-57-40-15-10-35(11-16-40)42-19-13-38(29-45(42)51)41-18-12-37(28-39(41)31-53-52-30-34-9-21-46-47(27-34)61-32-60-46)44-20-14-36-26-33(22-25-59-49(56)6-2)8-17-43(36)50(44)54(3)4/h2,5,8-21,26-31H,1,7,22-25,32H2,3-4H3/b52-30+,53-31+. The zero-order valence-corrected chi connectivity index (χ0v) is 33.7. The van der Waals surface area contributed by atoms with E-state index >= 15 is 4.39 Å². The van der Waals surface area contributed by atoms with Gasteiger partial charge in [-0.3, -0.25) is 0 Å². The Morgan fingerprint density at radius 3 is 2.30 bits per heavy atom. The van der Waals surface area contributed by atoms with E-state index in [0.29, 0.717) is 53.4 Å². The minimum atomic E-state index is -0.678. The van der Waals surface area contributed by atoms with Crippen molar-refractivity contribution in [2.75, 3.05) is 45.6 Å². The molecule has 0 N–H and O–H groups in total. The Morgan fingerprint density at radius 2 is 1.52 bits per heavy atom. The molecular weight excluding hydrogens is 774 g/mol. The van der Waals surface area contributed by atoms with Crippen molar-refractivity contribution < 1.29 is 37.7 Å². The molecule has 10 nitrogen and oxygen atoms in total. The molecule has 6 aromatic rings. The maximum Gasteiger partial charge on any atom is 0.384 e. The van der Waals surface area contributed by atoms with Gasteiger partial charge >= 0.3 is 11.9 Å². The second-order valence-electron chi connectivity index (χ2n) is 14.1. The van der Waals surface area contributed by atoms with Crippen molar-refractivity contribution in [2.45, 2.75) is 12.8 Å². The smallest absolute Gasteiger partial charge is 0.384 e. The quantitative estimate of drug-likeness (QED) is 0.0181. The highest BCUT2D eigenvalue weighted by molar-refractivity contribution is 6.03. The average molecular weight is 816 g/mol. The molecule has 1 aliphatic rings. The van der Waals surface area contributed by atoms with Crippen LogP contribution in [-0.2, 0) is 25.5 Å². The summed E-state index contributed by atoms with van der Waals surface area (Å²) in [5, 5.41) is 10.9. The molecule has 0 atom stereocenters. The number of hydrogen-bond acceptors (Lipinski definition) is 10. The molecule has 0 bridgehead atoms. The lowest BCUT2D eigenvalue weighted by Crippen LogP contribution is -2.11. The summed E-state index contributed by atoms with van der Waals surface area (Å²) in [6.45, 7) is 4.33. The molecule has 0 fully saturated rings. The molecule has 0 aliphatic carbocycles. The van der Waals surface area contributed by atoms with Crippen LogP contribution >= 0.6 is 0 Å². The Balaban J connectivity index is 1.18. The van der Waals surface area contributed by atoms with Gasteiger partial charge in [0.15, 0.2) is 11.5 Å². The van der Waals surface area contributed by atoms with Gasteiger partial charge in [0.05, 0.1) is 37.9 Å². The predicted octanol–water partition coefficient (Wildman–Crippen LogP) is 9.44. The summed E-state index contributed by atoms with van der Waals surface area (Å²) in [7, 11) is 4.01. The molecule has 1 aliphatic heterocycles. The molecule has 0 aromatic heterocycles. The summed E-state index contributed by atoms with van der Waals surface area (Å²) < 4.78 is 42.8. The van der Waals surface area contributed by atoms with Crippen LogP contribution in [0.4, 0.5) is 10.1 Å². The average Bonchev–Trinajstić information content (AvgIpc) is 3.75. The molecule has 0 spiro atoms. The molecule has 11 heteroatoms. The lowest BCUT2D eigenvalue weighted by molar-refractivity contribution is -0.138. The van der Waals surface area contributed by atoms with E-state index in [1.807, 2.05) is 68.5 Å². The highest BCUT2D eigenvalue weighted by Crippen LogP contribution is 2.39. The maximum atomic E-state index is 16.0. The number of rotatable bonds is 16. The number of halogens is 1. The monoisotopic (exact) mass is 815 g/mol. The Bertz CT molecular complexity index is 2700. The van der Waals surface area contributed by atoms with E-state index in [1.165, 1.54) is 6.07 Å². The summed E-state index contributed by atoms with van der Waals surface area (Å²) in [4.78, 5) is 24.7. The molecule has 0 amide bonds. The predicted molar refractivity (Wildman–Crippen MR) is 237 cm³/mol. The number of terminal acetylenes is 1. The van der Waals surface area contributed by atoms with E-state index in [1.54, 1.807) is 42.8 Å². The van der Waals surface area contributed by atoms with E-state index in [-0.39, 0.29) is 25.8 Å². The molecule has 1 heterocycles. The van der Waals surface area contributed by atoms with Gasteiger partial charge in [-0.1, -0.05) is 73.3 Å². The zero-order valence-electron chi connectivity index (χ0n) is 33.7. The minimum absolute atomic E-state index is 0.176. The minimum Gasteiger partial charge on any atom is -0.493 e. The van der Waals surface area contributed by atoms with E-state index in [2.05, 4.69) is 45.9 Å². The fourth-order valence-electron chi connectivity index (χ4n) is 6.95. The van der Waals surface area contributed by atoms with Crippen molar-refractivity contribution in [1.29, 1.82) is 0 Å². The van der Waals surface area contributed by atoms with Crippen molar-refractivity contribution in [3.63, 3.8) is 0 Å². The van der Waals surface area contributed by atoms with E-state index in [4.69, 9.17) is 30.1 Å². The van der Waals surface area contributed by atoms with Crippen LogP contribution in [0.25, 0.3) is 44.2 Å². The Hall–Kier alpha value is -7.71. The first-order valence-electron chi connectivity index (χ1n) is 19.5. The van der Waals surface area contributed by atoms with Crippen LogP contribution in [-0.4, -0.2) is 65.1 Å². The molecule has 0 saturated heterocycles. The molecular formula is C50H42FN3O7. The molecule has 0 saturated carbocycles. The lowest BCUT2D eigenvalue weighted by atomic mass is 9.91. The van der Waals surface area contributed by atoms with Crippen molar-refractivity contribution in [3.8, 4) is 63.0 Å². The number of benzene rings is 6. The van der Waals surface area contributed by atoms with Gasteiger partial charge in [-0.15, -0.1) is 6.42 Å². The van der Waals surface area contributed by atoms with Gasteiger partial charge in [-0.2, -0.15) is 10.2 Å². The zero-order chi connectivity index (χ0) is 42.7. The van der Waals surface area contributed by atoms with Gasteiger partial charge in [-0.05, 0) is 81.2 Å². The third-order valence-corrected chi connectivity index (χ3v) is 9.89. The van der Waals surface area contributed by atoms with E-state index in [0.717, 1.165) is 55.9 Å². The number of carbonyl (C=O) groups excluding carboxylic acids is 2. The molecule has 306 valence electrons. The number of fused-ring (bicyclic) bond motifs is 2. The SMILES string of the molecule is C#CC(=O)OCCc1ccc2c(N(C)C)c(-c3ccc(-c4ccc(-c5ccc(OCCCOC(=O)C=C)cc5)c(F)c4)c(/C=N/N=C/c4ccc5c(c4)OCO5)c3)ccc2c1. The highest BCUT2D eigenvalue weighted by Gasteiger charge is 2.17. The van der Waals surface area contributed by atoms with Crippen LogP contribution < -0.4 is 19.1 Å². The second-order valence-corrected chi connectivity index (χ2v) is 14.1. The largest absolute Gasteiger partial charge is 0.493 e. The van der Waals surface area contributed by atoms with Crippen LogP contribution in [0.15, 0.2) is 132 Å². The number of carbonyl (C=O) groups is 2. The number of ether oxygens (including phenoxy) is 5. The van der Waals surface area contributed by atoms with Gasteiger partial charge in [0, 0.05) is 61.0 Å². The van der Waals surface area contributed by atoms with Crippen molar-refractivity contribution in [2.24, 2.45) is 10.2 Å². The van der Waals surface area contributed by atoms with E-state index < -0.39 is 11.9 Å². The summed E-state index contributed by atoms with van der Waals surface area (Å²) in [5.41, 5.74) is 8.03. The summed E-state index contributed by atoms with van der Waals surface area (Å²) in [5.74, 6) is 2.38. The Labute approximate surface area is 353 Å². The van der Waals surface area contributed by atoms with Crippen LogP contribution in [0.2, 0.25) is 0 Å². The molecule has 7 rings (SSSR count). The van der Waals surface area contributed by atoms with Crippen molar-refractivity contribution in [3.05, 3.63) is 144 Å². The first kappa shape index (κ1) is 41.4. The third-order valence-electron chi connectivity index (χ3n) is 9.89. The topological polar surface area (TPSA) is 108 Å². The number of anilines is 1. The number of esters is 2. The van der Waals surface area contributed by atoms with Gasteiger partial charge in [0.1, 0.15) is 11.6 Å². The first-order chi connectivity index (χ1) is 29.7. The van der Waals surface area contributed by atoms with E-state index in [9.17, 15) is 9.59 Å². The van der Waals surface area contributed by atoms with Crippen LogP contribution in [0.5, 0.6) is 17.2 Å². The molecule has 61 heavy (non-hydrogen) atoms.